The molecule has 1 amide bonds. The van der Waals surface area contributed by atoms with Crippen molar-refractivity contribution in [2.24, 2.45) is 0 Å². The summed E-state index contributed by atoms with van der Waals surface area (Å²) in [7, 11) is 0. The van der Waals surface area contributed by atoms with E-state index in [1.165, 1.54) is 17.0 Å². The van der Waals surface area contributed by atoms with Crippen LogP contribution < -0.4 is 10.2 Å². The minimum absolute atomic E-state index is 0.00419. The first-order valence-electron chi connectivity index (χ1n) is 10.7. The van der Waals surface area contributed by atoms with Crippen molar-refractivity contribution >= 4 is 22.9 Å². The molecule has 1 N–H and O–H groups in total. The second-order valence-corrected chi connectivity index (χ2v) is 9.04. The van der Waals surface area contributed by atoms with Crippen molar-refractivity contribution in [1.82, 2.24) is 14.8 Å². The number of benzene rings is 1. The van der Waals surface area contributed by atoms with E-state index in [2.05, 4.69) is 44.1 Å². The van der Waals surface area contributed by atoms with Crippen molar-refractivity contribution in [2.75, 3.05) is 44.2 Å². The van der Waals surface area contributed by atoms with Crippen LogP contribution in [0.15, 0.2) is 47.8 Å². The molecule has 3 aromatic rings. The fourth-order valence-electron chi connectivity index (χ4n) is 4.14. The number of piperazine rings is 1. The number of hydrogen-bond acceptors (Lipinski definition) is 4. The minimum atomic E-state index is -0.203. The number of aromatic nitrogens is 1. The molecule has 1 fully saturated rings. The number of aryl methyl sites for hydroxylation is 1. The van der Waals surface area contributed by atoms with Crippen LogP contribution in [0.3, 0.4) is 0 Å². The largest absolute Gasteiger partial charge is 0.369 e. The summed E-state index contributed by atoms with van der Waals surface area (Å²) in [6.45, 7) is 10.0. The Balaban J connectivity index is 1.25. The Morgan fingerprint density at radius 3 is 2.52 bits per heavy atom. The molecule has 1 aliphatic rings. The SMILES string of the molecule is Cc1cc(C(=O)NCCN2CCN(c3ccc(F)cc3)CC2)c(C)n1Cc1cccs1. The summed E-state index contributed by atoms with van der Waals surface area (Å²) >= 11 is 1.73. The van der Waals surface area contributed by atoms with Crippen molar-refractivity contribution in [3.8, 4) is 0 Å². The van der Waals surface area contributed by atoms with Gasteiger partial charge in [0, 0.05) is 61.2 Å². The zero-order valence-corrected chi connectivity index (χ0v) is 18.9. The maximum absolute atomic E-state index is 13.1. The van der Waals surface area contributed by atoms with Crippen LogP contribution >= 0.6 is 11.3 Å². The van der Waals surface area contributed by atoms with E-state index >= 15 is 0 Å². The molecule has 0 bridgehead atoms. The Morgan fingerprint density at radius 2 is 1.84 bits per heavy atom. The molecule has 4 rings (SSSR count). The average Bonchev–Trinajstić information content (AvgIpc) is 3.39. The van der Waals surface area contributed by atoms with Crippen molar-refractivity contribution in [1.29, 1.82) is 0 Å². The third-order valence-corrected chi connectivity index (χ3v) is 6.85. The molecule has 0 aliphatic carbocycles. The standard InChI is InChI=1S/C24H29FN4OS/c1-18-16-23(19(2)29(18)17-22-4-3-15-31-22)24(30)26-9-10-27-11-13-28(14-12-27)21-7-5-20(25)6-8-21/h3-8,15-16H,9-14,17H2,1-2H3,(H,26,30). The lowest BCUT2D eigenvalue weighted by Gasteiger charge is -2.36. The summed E-state index contributed by atoms with van der Waals surface area (Å²) in [5.74, 6) is -0.207. The average molecular weight is 441 g/mol. The molecule has 0 spiro atoms. The topological polar surface area (TPSA) is 40.5 Å². The van der Waals surface area contributed by atoms with Crippen LogP contribution in [-0.2, 0) is 6.54 Å². The number of nitrogens with one attached hydrogen (secondary N) is 1. The third-order valence-electron chi connectivity index (χ3n) is 5.99. The van der Waals surface area contributed by atoms with E-state index < -0.39 is 0 Å². The van der Waals surface area contributed by atoms with Crippen molar-refractivity contribution in [2.45, 2.75) is 20.4 Å². The van der Waals surface area contributed by atoms with Gasteiger partial charge in [-0.25, -0.2) is 4.39 Å². The highest BCUT2D eigenvalue weighted by atomic mass is 32.1. The highest BCUT2D eigenvalue weighted by Gasteiger charge is 2.19. The number of amides is 1. The normalized spacial score (nSPS) is 14.7. The zero-order valence-electron chi connectivity index (χ0n) is 18.1. The fraction of sp³-hybridized carbons (Fsp3) is 0.375. The van der Waals surface area contributed by atoms with Crippen LogP contribution in [0.2, 0.25) is 0 Å². The lowest BCUT2D eigenvalue weighted by Crippen LogP contribution is -2.48. The summed E-state index contributed by atoms with van der Waals surface area (Å²) in [5.41, 5.74) is 3.94. The van der Waals surface area contributed by atoms with Gasteiger partial charge in [0.05, 0.1) is 12.1 Å². The van der Waals surface area contributed by atoms with E-state index in [4.69, 9.17) is 0 Å². The zero-order chi connectivity index (χ0) is 21.8. The van der Waals surface area contributed by atoms with Gasteiger partial charge in [-0.15, -0.1) is 11.3 Å². The molecule has 1 saturated heterocycles. The molecule has 164 valence electrons. The molecule has 3 heterocycles. The highest BCUT2D eigenvalue weighted by Crippen LogP contribution is 2.19. The molecule has 7 heteroatoms. The molecule has 0 atom stereocenters. The molecule has 0 unspecified atom stereocenters. The number of rotatable bonds is 7. The van der Waals surface area contributed by atoms with Crippen LogP contribution in [0.1, 0.15) is 26.6 Å². The number of thiophene rings is 1. The van der Waals surface area contributed by atoms with Crippen LogP contribution in [0.4, 0.5) is 10.1 Å². The Bertz CT molecular complexity index is 1010. The second-order valence-electron chi connectivity index (χ2n) is 8.01. The first-order valence-corrected chi connectivity index (χ1v) is 11.6. The van der Waals surface area contributed by atoms with Gasteiger partial charge in [0.15, 0.2) is 0 Å². The van der Waals surface area contributed by atoms with Crippen LogP contribution in [0, 0.1) is 19.7 Å². The molecule has 1 aliphatic heterocycles. The van der Waals surface area contributed by atoms with Gasteiger partial charge >= 0.3 is 0 Å². The Morgan fingerprint density at radius 1 is 1.10 bits per heavy atom. The molecule has 5 nitrogen and oxygen atoms in total. The van der Waals surface area contributed by atoms with Gasteiger partial charge in [-0.05, 0) is 55.6 Å². The summed E-state index contributed by atoms with van der Waals surface area (Å²) in [6.07, 6.45) is 0. The molecule has 2 aromatic heterocycles. The minimum Gasteiger partial charge on any atom is -0.369 e. The third kappa shape index (κ3) is 5.17. The number of carbonyl (C=O) groups is 1. The van der Waals surface area contributed by atoms with Crippen molar-refractivity contribution in [3.63, 3.8) is 0 Å². The van der Waals surface area contributed by atoms with E-state index in [1.54, 1.807) is 11.3 Å². The van der Waals surface area contributed by atoms with E-state index in [0.29, 0.717) is 6.54 Å². The van der Waals surface area contributed by atoms with Crippen LogP contribution in [-0.4, -0.2) is 54.6 Å². The van der Waals surface area contributed by atoms with Gasteiger partial charge in [0.2, 0.25) is 0 Å². The molecular formula is C24H29FN4OS. The van der Waals surface area contributed by atoms with Gasteiger partial charge in [0.25, 0.3) is 5.91 Å². The predicted octanol–water partition coefficient (Wildman–Crippen LogP) is 3.91. The molecule has 1 aromatic carbocycles. The van der Waals surface area contributed by atoms with Gasteiger partial charge in [-0.2, -0.15) is 0 Å². The number of nitrogens with zero attached hydrogens (tertiary/aromatic N) is 3. The fourth-order valence-corrected chi connectivity index (χ4v) is 4.83. The van der Waals surface area contributed by atoms with E-state index in [1.807, 2.05) is 25.1 Å². The van der Waals surface area contributed by atoms with Crippen molar-refractivity contribution in [3.05, 3.63) is 75.5 Å². The van der Waals surface area contributed by atoms with E-state index in [0.717, 1.165) is 61.9 Å². The first-order chi connectivity index (χ1) is 15.0. The molecule has 0 saturated carbocycles. The van der Waals surface area contributed by atoms with Gasteiger partial charge < -0.3 is 14.8 Å². The lowest BCUT2D eigenvalue weighted by atomic mass is 10.2. The summed E-state index contributed by atoms with van der Waals surface area (Å²) in [6, 6.07) is 12.9. The smallest absolute Gasteiger partial charge is 0.253 e. The summed E-state index contributed by atoms with van der Waals surface area (Å²) < 4.78 is 15.3. The number of carbonyl (C=O) groups excluding carboxylic acids is 1. The quantitative estimate of drug-likeness (QED) is 0.606. The Labute approximate surface area is 187 Å². The van der Waals surface area contributed by atoms with Crippen LogP contribution in [0.5, 0.6) is 0 Å². The number of hydrogen-bond donors (Lipinski definition) is 1. The predicted molar refractivity (Wildman–Crippen MR) is 125 cm³/mol. The van der Waals surface area contributed by atoms with Gasteiger partial charge in [0.1, 0.15) is 5.82 Å². The van der Waals surface area contributed by atoms with Gasteiger partial charge in [-0.1, -0.05) is 6.07 Å². The second kappa shape index (κ2) is 9.66. The summed E-state index contributed by atoms with van der Waals surface area (Å²) in [5, 5.41) is 5.17. The maximum Gasteiger partial charge on any atom is 0.253 e. The van der Waals surface area contributed by atoms with E-state index in [-0.39, 0.29) is 11.7 Å². The Hall–Kier alpha value is -2.64. The molecule has 31 heavy (non-hydrogen) atoms. The number of halogens is 1. The van der Waals surface area contributed by atoms with Crippen LogP contribution in [0.25, 0.3) is 0 Å². The maximum atomic E-state index is 13.1. The van der Waals surface area contributed by atoms with E-state index in [9.17, 15) is 9.18 Å². The molecular weight excluding hydrogens is 411 g/mol. The molecule has 0 radical (unpaired) electrons. The first kappa shape index (κ1) is 21.6. The monoisotopic (exact) mass is 440 g/mol. The Kier molecular flexibility index (Phi) is 6.73. The highest BCUT2D eigenvalue weighted by molar-refractivity contribution is 7.09. The van der Waals surface area contributed by atoms with Gasteiger partial charge in [-0.3, -0.25) is 9.69 Å². The lowest BCUT2D eigenvalue weighted by molar-refractivity contribution is 0.0947. The number of anilines is 1. The van der Waals surface area contributed by atoms with Crippen molar-refractivity contribution < 1.29 is 9.18 Å². The summed E-state index contributed by atoms with van der Waals surface area (Å²) in [4.78, 5) is 18.7.